The summed E-state index contributed by atoms with van der Waals surface area (Å²) in [7, 11) is 0. The molecule has 1 aromatic heterocycles. The molecule has 1 aromatic rings. The van der Waals surface area contributed by atoms with Gasteiger partial charge in [-0.2, -0.15) is 11.3 Å². The van der Waals surface area contributed by atoms with Crippen LogP contribution in [-0.2, 0) is 0 Å². The van der Waals surface area contributed by atoms with Crippen LogP contribution >= 0.6 is 35.3 Å². The minimum atomic E-state index is 0. The zero-order valence-electron chi connectivity index (χ0n) is 11.0. The van der Waals surface area contributed by atoms with Gasteiger partial charge < -0.3 is 10.6 Å². The molecule has 18 heavy (non-hydrogen) atoms. The Kier molecular flexibility index (Phi) is 6.99. The number of hydrogen-bond acceptors (Lipinski definition) is 2. The van der Waals surface area contributed by atoms with Crippen LogP contribution in [0.25, 0.3) is 0 Å². The average Bonchev–Trinajstić information content (AvgIpc) is 2.97. The molecule has 102 valence electrons. The van der Waals surface area contributed by atoms with Crippen molar-refractivity contribution in [3.8, 4) is 0 Å². The predicted octanol–water partition coefficient (Wildman–Crippen LogP) is 3.19. The Hall–Kier alpha value is -0.300. The van der Waals surface area contributed by atoms with E-state index in [0.717, 1.165) is 19.0 Å². The quantitative estimate of drug-likeness (QED) is 0.468. The molecule has 3 nitrogen and oxygen atoms in total. The van der Waals surface area contributed by atoms with Gasteiger partial charge in [-0.1, -0.05) is 6.92 Å². The molecule has 0 amide bonds. The van der Waals surface area contributed by atoms with Crippen LogP contribution in [0, 0.1) is 0 Å². The number of nitrogens with one attached hydrogen (secondary N) is 2. The second-order valence-corrected chi connectivity index (χ2v) is 5.38. The molecule has 1 unspecified atom stereocenters. The van der Waals surface area contributed by atoms with Gasteiger partial charge in [-0.3, -0.25) is 4.99 Å². The van der Waals surface area contributed by atoms with Gasteiger partial charge in [0.15, 0.2) is 5.96 Å². The molecule has 0 saturated heterocycles. The van der Waals surface area contributed by atoms with Gasteiger partial charge in [0.25, 0.3) is 0 Å². The standard InChI is InChI=1S/C13H21N3S.HI/c1-3-14-13(16-12-4-5-12)15-8-10(2)11-6-7-17-9-11;/h6-7,9-10,12H,3-5,8H2,1-2H3,(H2,14,15,16);1H. The maximum absolute atomic E-state index is 4.65. The van der Waals surface area contributed by atoms with Crippen LogP contribution in [0.15, 0.2) is 21.8 Å². The van der Waals surface area contributed by atoms with Gasteiger partial charge in [0.1, 0.15) is 0 Å². The Balaban J connectivity index is 0.00000162. The summed E-state index contributed by atoms with van der Waals surface area (Å²) in [5.41, 5.74) is 1.39. The van der Waals surface area contributed by atoms with E-state index in [0.29, 0.717) is 12.0 Å². The molecule has 1 heterocycles. The van der Waals surface area contributed by atoms with Crippen LogP contribution < -0.4 is 10.6 Å². The fourth-order valence-corrected chi connectivity index (χ4v) is 2.41. The minimum absolute atomic E-state index is 0. The van der Waals surface area contributed by atoms with Crippen molar-refractivity contribution in [2.45, 2.75) is 38.6 Å². The van der Waals surface area contributed by atoms with E-state index in [1.807, 2.05) is 0 Å². The maximum Gasteiger partial charge on any atom is 0.191 e. The van der Waals surface area contributed by atoms with Gasteiger partial charge in [-0.05, 0) is 42.2 Å². The van der Waals surface area contributed by atoms with Gasteiger partial charge in [0.05, 0.1) is 0 Å². The topological polar surface area (TPSA) is 36.4 Å². The first-order valence-electron chi connectivity index (χ1n) is 6.36. The van der Waals surface area contributed by atoms with Crippen LogP contribution in [0.1, 0.15) is 38.2 Å². The molecule has 2 rings (SSSR count). The average molecular weight is 379 g/mol. The monoisotopic (exact) mass is 379 g/mol. The Bertz CT molecular complexity index is 360. The summed E-state index contributed by atoms with van der Waals surface area (Å²) >= 11 is 1.75. The summed E-state index contributed by atoms with van der Waals surface area (Å²) < 4.78 is 0. The van der Waals surface area contributed by atoms with Crippen LogP contribution in [0.4, 0.5) is 0 Å². The third kappa shape index (κ3) is 5.14. The number of nitrogens with zero attached hydrogens (tertiary/aromatic N) is 1. The lowest BCUT2D eigenvalue weighted by Crippen LogP contribution is -2.38. The van der Waals surface area contributed by atoms with Gasteiger partial charge in [0.2, 0.25) is 0 Å². The number of thiophene rings is 1. The van der Waals surface area contributed by atoms with Crippen molar-refractivity contribution in [2.24, 2.45) is 4.99 Å². The van der Waals surface area contributed by atoms with Crippen LogP contribution in [0.2, 0.25) is 0 Å². The van der Waals surface area contributed by atoms with E-state index in [-0.39, 0.29) is 24.0 Å². The largest absolute Gasteiger partial charge is 0.357 e. The van der Waals surface area contributed by atoms with Gasteiger partial charge in [-0.25, -0.2) is 0 Å². The fourth-order valence-electron chi connectivity index (χ4n) is 1.63. The molecule has 5 heteroatoms. The molecule has 2 N–H and O–H groups in total. The van der Waals surface area contributed by atoms with Crippen molar-refractivity contribution in [3.05, 3.63) is 22.4 Å². The molecule has 1 aliphatic rings. The smallest absolute Gasteiger partial charge is 0.191 e. The van der Waals surface area contributed by atoms with E-state index in [9.17, 15) is 0 Å². The third-order valence-electron chi connectivity index (χ3n) is 2.90. The number of rotatable bonds is 5. The molecule has 1 atom stereocenters. The molecule has 1 fully saturated rings. The molecular weight excluding hydrogens is 357 g/mol. The summed E-state index contributed by atoms with van der Waals surface area (Å²) in [6.45, 7) is 6.10. The van der Waals surface area contributed by atoms with E-state index < -0.39 is 0 Å². The number of halogens is 1. The Morgan fingerprint density at radius 1 is 1.56 bits per heavy atom. The molecule has 0 bridgehead atoms. The van der Waals surface area contributed by atoms with Gasteiger partial charge in [-0.15, -0.1) is 24.0 Å². The van der Waals surface area contributed by atoms with Crippen molar-refractivity contribution in [2.75, 3.05) is 13.1 Å². The molecule has 0 aliphatic heterocycles. The number of aliphatic imine (C=N–C) groups is 1. The lowest BCUT2D eigenvalue weighted by atomic mass is 10.1. The summed E-state index contributed by atoms with van der Waals surface area (Å²) in [6.07, 6.45) is 2.56. The van der Waals surface area contributed by atoms with Crippen molar-refractivity contribution in [3.63, 3.8) is 0 Å². The SMILES string of the molecule is CCNC(=NCC(C)c1ccsc1)NC1CC1.I. The predicted molar refractivity (Wildman–Crippen MR) is 90.3 cm³/mol. The molecular formula is C13H22IN3S. The fraction of sp³-hybridized carbons (Fsp3) is 0.615. The third-order valence-corrected chi connectivity index (χ3v) is 3.60. The lowest BCUT2D eigenvalue weighted by molar-refractivity contribution is 0.749. The number of hydrogen-bond donors (Lipinski definition) is 2. The Labute approximate surface area is 130 Å². The number of guanidine groups is 1. The highest BCUT2D eigenvalue weighted by Gasteiger charge is 2.22. The lowest BCUT2D eigenvalue weighted by Gasteiger charge is -2.12. The van der Waals surface area contributed by atoms with E-state index in [4.69, 9.17) is 0 Å². The van der Waals surface area contributed by atoms with Crippen LogP contribution in [0.5, 0.6) is 0 Å². The van der Waals surface area contributed by atoms with E-state index >= 15 is 0 Å². The summed E-state index contributed by atoms with van der Waals surface area (Å²) in [5, 5.41) is 11.1. The Morgan fingerprint density at radius 2 is 2.33 bits per heavy atom. The van der Waals surface area contributed by atoms with E-state index in [1.165, 1.54) is 18.4 Å². The second-order valence-electron chi connectivity index (χ2n) is 4.60. The summed E-state index contributed by atoms with van der Waals surface area (Å²) in [6, 6.07) is 2.84. The minimum Gasteiger partial charge on any atom is -0.357 e. The van der Waals surface area contributed by atoms with E-state index in [2.05, 4.69) is 46.3 Å². The molecule has 0 spiro atoms. The van der Waals surface area contributed by atoms with Crippen molar-refractivity contribution in [1.82, 2.24) is 10.6 Å². The van der Waals surface area contributed by atoms with Crippen molar-refractivity contribution < 1.29 is 0 Å². The molecule has 0 radical (unpaired) electrons. The molecule has 1 saturated carbocycles. The molecule has 1 aliphatic carbocycles. The highest BCUT2D eigenvalue weighted by Crippen LogP contribution is 2.19. The van der Waals surface area contributed by atoms with Gasteiger partial charge in [0, 0.05) is 25.0 Å². The first kappa shape index (κ1) is 15.8. The normalized spacial score (nSPS) is 16.9. The zero-order valence-corrected chi connectivity index (χ0v) is 14.1. The molecule has 0 aromatic carbocycles. The first-order chi connectivity index (χ1) is 8.29. The van der Waals surface area contributed by atoms with Crippen LogP contribution in [-0.4, -0.2) is 25.1 Å². The van der Waals surface area contributed by atoms with Crippen molar-refractivity contribution >= 4 is 41.3 Å². The first-order valence-corrected chi connectivity index (χ1v) is 7.30. The summed E-state index contributed by atoms with van der Waals surface area (Å²) in [5.74, 6) is 1.47. The van der Waals surface area contributed by atoms with Gasteiger partial charge >= 0.3 is 0 Å². The highest BCUT2D eigenvalue weighted by atomic mass is 127. The second kappa shape index (κ2) is 7.99. The maximum atomic E-state index is 4.65. The summed E-state index contributed by atoms with van der Waals surface area (Å²) in [4.78, 5) is 4.65. The highest BCUT2D eigenvalue weighted by molar-refractivity contribution is 14.0. The zero-order chi connectivity index (χ0) is 12.1. The van der Waals surface area contributed by atoms with E-state index in [1.54, 1.807) is 11.3 Å². The Morgan fingerprint density at radius 3 is 2.89 bits per heavy atom. The van der Waals surface area contributed by atoms with Crippen LogP contribution in [0.3, 0.4) is 0 Å². The van der Waals surface area contributed by atoms with Crippen molar-refractivity contribution in [1.29, 1.82) is 0 Å².